The average molecular weight is 289 g/mol. The van der Waals surface area contributed by atoms with Crippen LogP contribution in [0.5, 0.6) is 0 Å². The molecule has 0 radical (unpaired) electrons. The van der Waals surface area contributed by atoms with Gasteiger partial charge in [-0.3, -0.25) is 4.79 Å². The summed E-state index contributed by atoms with van der Waals surface area (Å²) in [6.07, 6.45) is 5.61. The van der Waals surface area contributed by atoms with Gasteiger partial charge in [-0.2, -0.15) is 0 Å². The highest BCUT2D eigenvalue weighted by Crippen LogP contribution is 2.48. The molecule has 0 aromatic heterocycles. The Kier molecular flexibility index (Phi) is 3.90. The van der Waals surface area contributed by atoms with Gasteiger partial charge in [0.2, 0.25) is 5.91 Å². The third-order valence-corrected chi connectivity index (χ3v) is 5.19. The van der Waals surface area contributed by atoms with Crippen molar-refractivity contribution in [1.29, 1.82) is 0 Å². The van der Waals surface area contributed by atoms with Crippen molar-refractivity contribution in [2.24, 2.45) is 17.1 Å². The van der Waals surface area contributed by atoms with E-state index in [-0.39, 0.29) is 5.91 Å². The van der Waals surface area contributed by atoms with Crippen LogP contribution in [0.1, 0.15) is 32.1 Å². The summed E-state index contributed by atoms with van der Waals surface area (Å²) < 4.78 is 0. The lowest BCUT2D eigenvalue weighted by molar-refractivity contribution is -0.119. The zero-order chi connectivity index (χ0) is 11.6. The van der Waals surface area contributed by atoms with E-state index in [1.807, 2.05) is 0 Å². The van der Waals surface area contributed by atoms with Crippen LogP contribution >= 0.6 is 15.9 Å². The molecule has 2 aliphatic rings. The lowest BCUT2D eigenvalue weighted by atomic mass is 9.92. The van der Waals surface area contributed by atoms with Gasteiger partial charge in [0, 0.05) is 18.3 Å². The van der Waals surface area contributed by atoms with E-state index in [4.69, 9.17) is 5.73 Å². The number of carbonyl (C=O) groups is 1. The molecule has 2 fully saturated rings. The third kappa shape index (κ3) is 3.20. The van der Waals surface area contributed by atoms with Crippen LogP contribution in [0.3, 0.4) is 0 Å². The Labute approximate surface area is 106 Å². The number of halogens is 1. The van der Waals surface area contributed by atoms with E-state index in [1.165, 1.54) is 19.4 Å². The van der Waals surface area contributed by atoms with E-state index in [2.05, 4.69) is 20.8 Å². The summed E-state index contributed by atoms with van der Waals surface area (Å²) in [6.45, 7) is 3.53. The molecule has 16 heavy (non-hydrogen) atoms. The maximum absolute atomic E-state index is 10.8. The van der Waals surface area contributed by atoms with Crippen LogP contribution in [0.25, 0.3) is 0 Å². The summed E-state index contributed by atoms with van der Waals surface area (Å²) in [5, 5.41) is 1.14. The van der Waals surface area contributed by atoms with E-state index in [0.29, 0.717) is 17.8 Å². The monoisotopic (exact) mass is 288 g/mol. The van der Waals surface area contributed by atoms with Crippen LogP contribution in [-0.4, -0.2) is 35.8 Å². The van der Waals surface area contributed by atoms with Crippen molar-refractivity contribution in [3.63, 3.8) is 0 Å². The van der Waals surface area contributed by atoms with Crippen molar-refractivity contribution in [3.8, 4) is 0 Å². The first-order chi connectivity index (χ1) is 7.63. The Morgan fingerprint density at radius 2 is 2.00 bits per heavy atom. The molecule has 4 heteroatoms. The molecule has 0 spiro atoms. The zero-order valence-corrected chi connectivity index (χ0v) is 11.3. The summed E-state index contributed by atoms with van der Waals surface area (Å²) >= 11 is 3.62. The fraction of sp³-hybridized carbons (Fsp3) is 0.917. The van der Waals surface area contributed by atoms with Gasteiger partial charge in [-0.15, -0.1) is 0 Å². The normalized spacial score (nSPS) is 25.6. The summed E-state index contributed by atoms with van der Waals surface area (Å²) in [4.78, 5) is 13.4. The molecule has 2 rings (SSSR count). The van der Waals surface area contributed by atoms with E-state index in [9.17, 15) is 4.79 Å². The molecule has 0 unspecified atom stereocenters. The van der Waals surface area contributed by atoms with Gasteiger partial charge in [0.25, 0.3) is 0 Å². The van der Waals surface area contributed by atoms with Gasteiger partial charge in [0.15, 0.2) is 0 Å². The molecule has 1 aliphatic carbocycles. The predicted molar refractivity (Wildman–Crippen MR) is 68.4 cm³/mol. The van der Waals surface area contributed by atoms with Crippen molar-refractivity contribution >= 4 is 21.8 Å². The molecule has 1 amide bonds. The summed E-state index contributed by atoms with van der Waals surface area (Å²) in [5.74, 6) is 0.394. The number of hydrogen-bond donors (Lipinski definition) is 1. The van der Waals surface area contributed by atoms with Crippen LogP contribution in [0, 0.1) is 11.3 Å². The number of alkyl halides is 1. The number of nitrogens with zero attached hydrogens (tertiary/aromatic N) is 1. The number of likely N-dealkylation sites (tertiary alicyclic amines) is 1. The molecule has 2 N–H and O–H groups in total. The van der Waals surface area contributed by atoms with E-state index in [1.54, 1.807) is 0 Å². The molecular weight excluding hydrogens is 268 g/mol. The Balaban J connectivity index is 1.71. The highest BCUT2D eigenvalue weighted by Gasteiger charge is 2.43. The second-order valence-electron chi connectivity index (χ2n) is 5.52. The van der Waals surface area contributed by atoms with Gasteiger partial charge in [0.05, 0.1) is 0 Å². The molecule has 1 aliphatic heterocycles. The second-order valence-corrected chi connectivity index (χ2v) is 6.08. The maximum Gasteiger partial charge on any atom is 0.217 e. The van der Waals surface area contributed by atoms with Crippen molar-refractivity contribution in [3.05, 3.63) is 0 Å². The standard InChI is InChI=1S/C12H21BrN2O/c13-8-12(3-4-12)9-15-5-1-10(2-6-15)7-11(14)16/h10H,1-9H2,(H2,14,16). The molecular formula is C12H21BrN2O. The highest BCUT2D eigenvalue weighted by atomic mass is 79.9. The number of primary amides is 1. The molecule has 0 bridgehead atoms. The Bertz CT molecular complexity index is 258. The molecule has 3 nitrogen and oxygen atoms in total. The molecule has 0 atom stereocenters. The zero-order valence-electron chi connectivity index (χ0n) is 9.75. The third-order valence-electron chi connectivity index (χ3n) is 4.00. The predicted octanol–water partition coefficient (Wildman–Crippen LogP) is 1.75. The largest absolute Gasteiger partial charge is 0.370 e. The Hall–Kier alpha value is -0.0900. The van der Waals surface area contributed by atoms with Crippen LogP contribution in [0.4, 0.5) is 0 Å². The van der Waals surface area contributed by atoms with Crippen LogP contribution in [0.2, 0.25) is 0 Å². The van der Waals surface area contributed by atoms with Gasteiger partial charge < -0.3 is 10.6 Å². The quantitative estimate of drug-likeness (QED) is 0.784. The van der Waals surface area contributed by atoms with E-state index < -0.39 is 0 Å². The van der Waals surface area contributed by atoms with Gasteiger partial charge in [0.1, 0.15) is 0 Å². The van der Waals surface area contributed by atoms with Crippen molar-refractivity contribution in [2.75, 3.05) is 25.0 Å². The first-order valence-electron chi connectivity index (χ1n) is 6.20. The first kappa shape index (κ1) is 12.4. The summed E-state index contributed by atoms with van der Waals surface area (Å²) in [5.41, 5.74) is 5.81. The van der Waals surface area contributed by atoms with Gasteiger partial charge in [-0.25, -0.2) is 0 Å². The Morgan fingerprint density at radius 3 is 2.44 bits per heavy atom. The minimum atomic E-state index is -0.141. The van der Waals surface area contributed by atoms with E-state index in [0.717, 1.165) is 31.3 Å². The first-order valence-corrected chi connectivity index (χ1v) is 7.32. The number of hydrogen-bond acceptors (Lipinski definition) is 2. The number of carbonyl (C=O) groups excluding carboxylic acids is 1. The molecule has 0 aromatic rings. The molecule has 92 valence electrons. The fourth-order valence-corrected chi connectivity index (χ4v) is 3.36. The molecule has 1 heterocycles. The molecule has 0 aromatic carbocycles. The van der Waals surface area contributed by atoms with Crippen LogP contribution in [0.15, 0.2) is 0 Å². The molecule has 1 saturated heterocycles. The van der Waals surface area contributed by atoms with Gasteiger partial charge in [-0.05, 0) is 50.1 Å². The second kappa shape index (κ2) is 5.05. The number of piperidine rings is 1. The topological polar surface area (TPSA) is 46.3 Å². The summed E-state index contributed by atoms with van der Waals surface area (Å²) in [6, 6.07) is 0. The van der Waals surface area contributed by atoms with Crippen LogP contribution < -0.4 is 5.73 Å². The smallest absolute Gasteiger partial charge is 0.217 e. The number of rotatable bonds is 5. The van der Waals surface area contributed by atoms with Crippen LogP contribution in [-0.2, 0) is 4.79 Å². The fourth-order valence-electron chi connectivity index (χ4n) is 2.62. The lowest BCUT2D eigenvalue weighted by Gasteiger charge is -2.33. The minimum absolute atomic E-state index is 0.141. The number of nitrogens with two attached hydrogens (primary N) is 1. The average Bonchev–Trinajstić information content (AvgIpc) is 3.01. The summed E-state index contributed by atoms with van der Waals surface area (Å²) in [7, 11) is 0. The SMILES string of the molecule is NC(=O)CC1CCN(CC2(CBr)CC2)CC1. The highest BCUT2D eigenvalue weighted by molar-refractivity contribution is 9.09. The van der Waals surface area contributed by atoms with Gasteiger partial charge in [-0.1, -0.05) is 15.9 Å². The maximum atomic E-state index is 10.8. The number of amides is 1. The van der Waals surface area contributed by atoms with Crippen molar-refractivity contribution in [2.45, 2.75) is 32.1 Å². The minimum Gasteiger partial charge on any atom is -0.370 e. The Morgan fingerprint density at radius 1 is 1.38 bits per heavy atom. The molecule has 1 saturated carbocycles. The van der Waals surface area contributed by atoms with Gasteiger partial charge >= 0.3 is 0 Å². The van der Waals surface area contributed by atoms with E-state index >= 15 is 0 Å². The van der Waals surface area contributed by atoms with Crippen molar-refractivity contribution in [1.82, 2.24) is 4.90 Å². The lowest BCUT2D eigenvalue weighted by Crippen LogP contribution is -2.39. The van der Waals surface area contributed by atoms with Crippen molar-refractivity contribution < 1.29 is 4.79 Å².